The van der Waals surface area contributed by atoms with Crippen LogP contribution in [0.2, 0.25) is 0 Å². The van der Waals surface area contributed by atoms with Gasteiger partial charge < -0.3 is 4.42 Å². The van der Waals surface area contributed by atoms with Gasteiger partial charge in [0.2, 0.25) is 0 Å². The van der Waals surface area contributed by atoms with Gasteiger partial charge in [-0.15, -0.1) is 5.10 Å². The number of nitrogens with zero attached hydrogens (tertiary/aromatic N) is 4. The standard InChI is InChI=1S/C16H10N4O4/c21-16-13-3-1-2-4-14(13)17-18-19(16)9-12-8-10-7-11(20(22)23)5-6-15(10)24-12/h1-8H,9H2. The van der Waals surface area contributed by atoms with E-state index in [1.165, 1.54) is 22.9 Å². The first-order chi connectivity index (χ1) is 11.6. The summed E-state index contributed by atoms with van der Waals surface area (Å²) in [5.41, 5.74) is 0.751. The molecule has 2 heterocycles. The van der Waals surface area contributed by atoms with Gasteiger partial charge in [0.05, 0.1) is 10.3 Å². The second-order valence-corrected chi connectivity index (χ2v) is 5.26. The third-order valence-corrected chi connectivity index (χ3v) is 3.70. The number of furan rings is 1. The van der Waals surface area contributed by atoms with Crippen molar-refractivity contribution in [1.82, 2.24) is 15.0 Å². The molecular formula is C16H10N4O4. The summed E-state index contributed by atoms with van der Waals surface area (Å²) in [6.07, 6.45) is 0. The summed E-state index contributed by atoms with van der Waals surface area (Å²) in [6, 6.07) is 12.9. The van der Waals surface area contributed by atoms with Crippen molar-refractivity contribution in [1.29, 1.82) is 0 Å². The number of non-ortho nitro benzene ring substituents is 1. The molecule has 0 aliphatic carbocycles. The molecule has 0 amide bonds. The monoisotopic (exact) mass is 322 g/mol. The number of aromatic nitrogens is 3. The van der Waals surface area contributed by atoms with Gasteiger partial charge in [0.25, 0.3) is 11.2 Å². The Kier molecular flexibility index (Phi) is 3.09. The van der Waals surface area contributed by atoms with Crippen molar-refractivity contribution in [3.05, 3.63) is 74.8 Å². The number of fused-ring (bicyclic) bond motifs is 2. The van der Waals surface area contributed by atoms with Gasteiger partial charge in [0.15, 0.2) is 0 Å². The van der Waals surface area contributed by atoms with E-state index >= 15 is 0 Å². The first-order valence-electron chi connectivity index (χ1n) is 7.11. The molecule has 0 aliphatic heterocycles. The third-order valence-electron chi connectivity index (χ3n) is 3.70. The van der Waals surface area contributed by atoms with E-state index in [9.17, 15) is 14.9 Å². The topological polar surface area (TPSA) is 104 Å². The van der Waals surface area contributed by atoms with Crippen LogP contribution in [0.1, 0.15) is 5.76 Å². The Morgan fingerprint density at radius 3 is 2.83 bits per heavy atom. The Bertz CT molecular complexity index is 1150. The quantitative estimate of drug-likeness (QED) is 0.424. The van der Waals surface area contributed by atoms with Crippen LogP contribution in [0.3, 0.4) is 0 Å². The zero-order valence-corrected chi connectivity index (χ0v) is 12.2. The Morgan fingerprint density at radius 2 is 2.00 bits per heavy atom. The van der Waals surface area contributed by atoms with Crippen LogP contribution < -0.4 is 5.56 Å². The second kappa shape index (κ2) is 5.27. The lowest BCUT2D eigenvalue weighted by molar-refractivity contribution is -0.384. The summed E-state index contributed by atoms with van der Waals surface area (Å²) in [5.74, 6) is 0.470. The first-order valence-corrected chi connectivity index (χ1v) is 7.11. The van der Waals surface area contributed by atoms with Crippen LogP contribution in [0.15, 0.2) is 57.7 Å². The van der Waals surface area contributed by atoms with Crippen LogP contribution in [0.4, 0.5) is 5.69 Å². The fourth-order valence-electron chi connectivity index (χ4n) is 2.55. The number of nitro benzene ring substituents is 1. The summed E-state index contributed by atoms with van der Waals surface area (Å²) in [7, 11) is 0. The minimum Gasteiger partial charge on any atom is -0.459 e. The maximum atomic E-state index is 12.4. The maximum Gasteiger partial charge on any atom is 0.278 e. The summed E-state index contributed by atoms with van der Waals surface area (Å²) < 4.78 is 6.83. The minimum absolute atomic E-state index is 0.0162. The van der Waals surface area contributed by atoms with E-state index in [1.807, 2.05) is 0 Å². The molecule has 2 aromatic carbocycles. The van der Waals surface area contributed by atoms with E-state index in [0.717, 1.165) is 0 Å². The summed E-state index contributed by atoms with van der Waals surface area (Å²) >= 11 is 0. The minimum atomic E-state index is -0.467. The third kappa shape index (κ3) is 2.30. The molecule has 0 aliphatic rings. The van der Waals surface area contributed by atoms with E-state index < -0.39 is 4.92 Å². The molecule has 0 saturated heterocycles. The van der Waals surface area contributed by atoms with Crippen molar-refractivity contribution in [3.63, 3.8) is 0 Å². The van der Waals surface area contributed by atoms with Gasteiger partial charge in [0.1, 0.15) is 23.4 Å². The van der Waals surface area contributed by atoms with E-state index in [2.05, 4.69) is 10.3 Å². The van der Waals surface area contributed by atoms with Crippen molar-refractivity contribution in [2.75, 3.05) is 0 Å². The second-order valence-electron chi connectivity index (χ2n) is 5.26. The molecule has 0 N–H and O–H groups in total. The number of rotatable bonds is 3. The fourth-order valence-corrected chi connectivity index (χ4v) is 2.55. The van der Waals surface area contributed by atoms with Gasteiger partial charge >= 0.3 is 0 Å². The van der Waals surface area contributed by atoms with Gasteiger partial charge in [-0.25, -0.2) is 4.68 Å². The Morgan fingerprint density at radius 1 is 1.17 bits per heavy atom. The van der Waals surface area contributed by atoms with Crippen molar-refractivity contribution in [3.8, 4) is 0 Å². The van der Waals surface area contributed by atoms with E-state index in [0.29, 0.717) is 27.6 Å². The fraction of sp³-hybridized carbons (Fsp3) is 0.0625. The summed E-state index contributed by atoms with van der Waals surface area (Å²) in [4.78, 5) is 22.8. The first kappa shape index (κ1) is 14.1. The van der Waals surface area contributed by atoms with E-state index in [-0.39, 0.29) is 17.8 Å². The molecular weight excluding hydrogens is 312 g/mol. The molecule has 2 aromatic heterocycles. The normalized spacial score (nSPS) is 11.2. The summed E-state index contributed by atoms with van der Waals surface area (Å²) in [5, 5.41) is 19.8. The van der Waals surface area contributed by atoms with Crippen LogP contribution in [0.5, 0.6) is 0 Å². The Labute approximate surface area is 134 Å². The highest BCUT2D eigenvalue weighted by Gasteiger charge is 2.12. The Hall–Kier alpha value is -3.55. The zero-order valence-electron chi connectivity index (χ0n) is 12.2. The highest BCUT2D eigenvalue weighted by molar-refractivity contribution is 5.80. The SMILES string of the molecule is O=c1c2ccccc2nnn1Cc1cc2cc([N+](=O)[O-])ccc2o1. The molecule has 0 radical (unpaired) electrons. The molecule has 0 unspecified atom stereocenters. The van der Waals surface area contributed by atoms with Gasteiger partial charge in [-0.1, -0.05) is 17.3 Å². The van der Waals surface area contributed by atoms with Crippen molar-refractivity contribution >= 4 is 27.6 Å². The molecule has 0 saturated carbocycles. The molecule has 0 fully saturated rings. The molecule has 24 heavy (non-hydrogen) atoms. The molecule has 4 aromatic rings. The van der Waals surface area contributed by atoms with Gasteiger partial charge in [0, 0.05) is 17.5 Å². The molecule has 8 heteroatoms. The largest absolute Gasteiger partial charge is 0.459 e. The number of nitro groups is 1. The lowest BCUT2D eigenvalue weighted by Crippen LogP contribution is -2.24. The average Bonchev–Trinajstić information content (AvgIpc) is 2.99. The predicted molar refractivity (Wildman–Crippen MR) is 85.8 cm³/mol. The summed E-state index contributed by atoms with van der Waals surface area (Å²) in [6.45, 7) is 0.0964. The van der Waals surface area contributed by atoms with E-state index in [1.54, 1.807) is 30.3 Å². The van der Waals surface area contributed by atoms with Gasteiger partial charge in [-0.2, -0.15) is 0 Å². The number of hydrogen-bond acceptors (Lipinski definition) is 6. The average molecular weight is 322 g/mol. The van der Waals surface area contributed by atoms with Crippen molar-refractivity contribution in [2.45, 2.75) is 6.54 Å². The number of benzene rings is 2. The molecule has 0 spiro atoms. The molecule has 0 atom stereocenters. The molecule has 8 nitrogen and oxygen atoms in total. The smallest absolute Gasteiger partial charge is 0.278 e. The maximum absolute atomic E-state index is 12.4. The molecule has 118 valence electrons. The predicted octanol–water partition coefficient (Wildman–Crippen LogP) is 2.49. The van der Waals surface area contributed by atoms with Gasteiger partial charge in [-0.3, -0.25) is 14.9 Å². The van der Waals surface area contributed by atoms with Gasteiger partial charge in [-0.05, 0) is 24.3 Å². The van der Waals surface area contributed by atoms with Crippen LogP contribution in [0, 0.1) is 10.1 Å². The van der Waals surface area contributed by atoms with Crippen LogP contribution >= 0.6 is 0 Å². The van der Waals surface area contributed by atoms with Crippen LogP contribution in [-0.4, -0.2) is 19.9 Å². The molecule has 0 bridgehead atoms. The van der Waals surface area contributed by atoms with Crippen LogP contribution in [-0.2, 0) is 6.54 Å². The zero-order chi connectivity index (χ0) is 16.7. The Balaban J connectivity index is 1.75. The lowest BCUT2D eigenvalue weighted by Gasteiger charge is -2.02. The van der Waals surface area contributed by atoms with E-state index in [4.69, 9.17) is 4.42 Å². The number of hydrogen-bond donors (Lipinski definition) is 0. The molecule has 4 rings (SSSR count). The van der Waals surface area contributed by atoms with Crippen molar-refractivity contribution in [2.24, 2.45) is 0 Å². The highest BCUT2D eigenvalue weighted by Crippen LogP contribution is 2.24. The lowest BCUT2D eigenvalue weighted by atomic mass is 10.2. The van der Waals surface area contributed by atoms with Crippen LogP contribution in [0.25, 0.3) is 21.9 Å². The van der Waals surface area contributed by atoms with Crippen molar-refractivity contribution < 1.29 is 9.34 Å². The highest BCUT2D eigenvalue weighted by atomic mass is 16.6.